The molecule has 1 aromatic rings. The van der Waals surface area contributed by atoms with Gasteiger partial charge in [-0.25, -0.2) is 9.48 Å². The van der Waals surface area contributed by atoms with Crippen molar-refractivity contribution in [3.63, 3.8) is 0 Å². The van der Waals surface area contributed by atoms with Crippen molar-refractivity contribution in [2.75, 3.05) is 19.7 Å². The van der Waals surface area contributed by atoms with Gasteiger partial charge in [0, 0.05) is 6.54 Å². The Labute approximate surface area is 123 Å². The molecule has 1 aliphatic heterocycles. The van der Waals surface area contributed by atoms with E-state index in [0.717, 1.165) is 0 Å². The van der Waals surface area contributed by atoms with E-state index in [1.807, 2.05) is 20.8 Å². The van der Waals surface area contributed by atoms with Crippen LogP contribution in [0, 0.1) is 0 Å². The van der Waals surface area contributed by atoms with E-state index in [1.165, 1.54) is 0 Å². The van der Waals surface area contributed by atoms with Gasteiger partial charge in [0.2, 0.25) is 0 Å². The van der Waals surface area contributed by atoms with Crippen molar-refractivity contribution in [2.24, 2.45) is 0 Å². The summed E-state index contributed by atoms with van der Waals surface area (Å²) in [5.41, 5.74) is 0.00195. The minimum atomic E-state index is -0.507. The Balaban J connectivity index is 1.89. The van der Waals surface area contributed by atoms with E-state index in [0.29, 0.717) is 31.9 Å². The topological polar surface area (TPSA) is 89.7 Å². The van der Waals surface area contributed by atoms with Gasteiger partial charge in [0.25, 0.3) is 0 Å². The molecular weight excluding hydrogens is 276 g/mol. The van der Waals surface area contributed by atoms with Gasteiger partial charge >= 0.3 is 6.09 Å². The van der Waals surface area contributed by atoms with Crippen LogP contribution in [0.15, 0.2) is 6.20 Å². The number of ether oxygens (including phenoxy) is 2. The van der Waals surface area contributed by atoms with Crippen LogP contribution in [-0.4, -0.2) is 62.5 Å². The first kappa shape index (κ1) is 15.7. The monoisotopic (exact) mass is 298 g/mol. The second-order valence-corrected chi connectivity index (χ2v) is 6.01. The van der Waals surface area contributed by atoms with Crippen LogP contribution in [0.5, 0.6) is 0 Å². The van der Waals surface area contributed by atoms with Crippen LogP contribution in [0.2, 0.25) is 0 Å². The number of carbonyl (C=O) groups excluding carboxylic acids is 1. The van der Waals surface area contributed by atoms with E-state index in [2.05, 4.69) is 10.3 Å². The van der Waals surface area contributed by atoms with Gasteiger partial charge in [0.1, 0.15) is 11.3 Å². The standard InChI is InChI=1S/C13H22N4O4/c1-13(2,3)21-12(19)16-4-5-20-11(7-16)8-17-6-10(9-18)14-15-17/h6,11,18H,4-5,7-9H2,1-3H3. The summed E-state index contributed by atoms with van der Waals surface area (Å²) in [5, 5.41) is 16.7. The number of amides is 1. The van der Waals surface area contributed by atoms with Crippen LogP contribution >= 0.6 is 0 Å². The first-order chi connectivity index (χ1) is 9.87. The normalized spacial score (nSPS) is 19.6. The molecule has 0 saturated carbocycles. The Morgan fingerprint density at radius 2 is 2.33 bits per heavy atom. The molecule has 0 radical (unpaired) electrons. The number of aliphatic hydroxyl groups excluding tert-OH is 1. The lowest BCUT2D eigenvalue weighted by atomic mass is 10.2. The van der Waals surface area contributed by atoms with Gasteiger partial charge < -0.3 is 19.5 Å². The maximum atomic E-state index is 12.0. The zero-order valence-electron chi connectivity index (χ0n) is 12.7. The molecule has 1 amide bonds. The molecule has 1 atom stereocenters. The fraction of sp³-hybridized carbons (Fsp3) is 0.769. The molecule has 0 aromatic carbocycles. The molecular formula is C13H22N4O4. The maximum Gasteiger partial charge on any atom is 0.410 e. The van der Waals surface area contributed by atoms with E-state index in [9.17, 15) is 4.79 Å². The number of rotatable bonds is 3. The molecule has 1 unspecified atom stereocenters. The summed E-state index contributed by atoms with van der Waals surface area (Å²) in [7, 11) is 0. The van der Waals surface area contributed by atoms with Gasteiger partial charge in [0.05, 0.1) is 38.6 Å². The lowest BCUT2D eigenvalue weighted by Crippen LogP contribution is -2.48. The first-order valence-electron chi connectivity index (χ1n) is 6.97. The zero-order chi connectivity index (χ0) is 15.5. The van der Waals surface area contributed by atoms with Crippen molar-refractivity contribution in [3.05, 3.63) is 11.9 Å². The van der Waals surface area contributed by atoms with Gasteiger partial charge in [-0.15, -0.1) is 5.10 Å². The van der Waals surface area contributed by atoms with Crippen LogP contribution in [-0.2, 0) is 22.6 Å². The average molecular weight is 298 g/mol. The van der Waals surface area contributed by atoms with Crippen LogP contribution in [0.4, 0.5) is 4.79 Å². The molecule has 1 aromatic heterocycles. The van der Waals surface area contributed by atoms with Crippen molar-refractivity contribution < 1.29 is 19.4 Å². The molecule has 1 fully saturated rings. The Hall–Kier alpha value is -1.67. The molecule has 2 heterocycles. The van der Waals surface area contributed by atoms with E-state index in [-0.39, 0.29) is 18.8 Å². The smallest absolute Gasteiger partial charge is 0.410 e. The molecule has 1 aliphatic rings. The Morgan fingerprint density at radius 1 is 1.57 bits per heavy atom. The van der Waals surface area contributed by atoms with Crippen molar-refractivity contribution in [3.8, 4) is 0 Å². The third-order valence-corrected chi connectivity index (χ3v) is 2.93. The van der Waals surface area contributed by atoms with Gasteiger partial charge in [0.15, 0.2) is 0 Å². The molecule has 1 saturated heterocycles. The Morgan fingerprint density at radius 3 is 2.95 bits per heavy atom. The molecule has 0 aliphatic carbocycles. The highest BCUT2D eigenvalue weighted by Crippen LogP contribution is 2.13. The second-order valence-electron chi connectivity index (χ2n) is 6.01. The van der Waals surface area contributed by atoms with E-state index in [1.54, 1.807) is 15.8 Å². The highest BCUT2D eigenvalue weighted by atomic mass is 16.6. The van der Waals surface area contributed by atoms with Gasteiger partial charge in [-0.3, -0.25) is 0 Å². The molecule has 0 spiro atoms. The lowest BCUT2D eigenvalue weighted by molar-refractivity contribution is -0.0484. The Kier molecular flexibility index (Phi) is 4.79. The fourth-order valence-electron chi connectivity index (χ4n) is 2.03. The minimum absolute atomic E-state index is 0.143. The summed E-state index contributed by atoms with van der Waals surface area (Å²) >= 11 is 0. The second kappa shape index (κ2) is 6.40. The van der Waals surface area contributed by atoms with Gasteiger partial charge in [-0.1, -0.05) is 5.21 Å². The van der Waals surface area contributed by atoms with Crippen molar-refractivity contribution in [1.82, 2.24) is 19.9 Å². The van der Waals surface area contributed by atoms with Crippen LogP contribution in [0.1, 0.15) is 26.5 Å². The maximum absolute atomic E-state index is 12.0. The van der Waals surface area contributed by atoms with Crippen LogP contribution in [0.3, 0.4) is 0 Å². The highest BCUT2D eigenvalue weighted by Gasteiger charge is 2.28. The number of aliphatic hydroxyl groups is 1. The summed E-state index contributed by atoms with van der Waals surface area (Å²) < 4.78 is 12.6. The van der Waals surface area contributed by atoms with Crippen LogP contribution in [0.25, 0.3) is 0 Å². The molecule has 8 heteroatoms. The highest BCUT2D eigenvalue weighted by molar-refractivity contribution is 5.68. The largest absolute Gasteiger partial charge is 0.444 e. The fourth-order valence-corrected chi connectivity index (χ4v) is 2.03. The lowest BCUT2D eigenvalue weighted by Gasteiger charge is -2.34. The molecule has 8 nitrogen and oxygen atoms in total. The Bertz CT molecular complexity index is 483. The molecule has 0 bridgehead atoms. The number of hydrogen-bond donors (Lipinski definition) is 1. The van der Waals surface area contributed by atoms with Crippen molar-refractivity contribution >= 4 is 6.09 Å². The number of carbonyl (C=O) groups is 1. The number of aromatic nitrogens is 3. The number of nitrogens with zero attached hydrogens (tertiary/aromatic N) is 4. The molecule has 118 valence electrons. The summed E-state index contributed by atoms with van der Waals surface area (Å²) in [6.07, 6.45) is 1.17. The summed E-state index contributed by atoms with van der Waals surface area (Å²) in [5.74, 6) is 0. The van der Waals surface area contributed by atoms with Crippen LogP contribution < -0.4 is 0 Å². The number of hydrogen-bond acceptors (Lipinski definition) is 6. The minimum Gasteiger partial charge on any atom is -0.444 e. The molecule has 2 rings (SSSR count). The van der Waals surface area contributed by atoms with Gasteiger partial charge in [-0.2, -0.15) is 0 Å². The average Bonchev–Trinajstić information content (AvgIpc) is 2.85. The summed E-state index contributed by atoms with van der Waals surface area (Å²) in [6.45, 7) is 7.29. The SMILES string of the molecule is CC(C)(C)OC(=O)N1CCOC(Cn2cc(CO)nn2)C1. The van der Waals surface area contributed by atoms with Crippen molar-refractivity contribution in [2.45, 2.75) is 45.6 Å². The zero-order valence-corrected chi connectivity index (χ0v) is 12.7. The quantitative estimate of drug-likeness (QED) is 0.869. The molecule has 1 N–H and O–H groups in total. The molecule has 21 heavy (non-hydrogen) atoms. The third-order valence-electron chi connectivity index (χ3n) is 2.93. The van der Waals surface area contributed by atoms with E-state index >= 15 is 0 Å². The number of morpholine rings is 1. The predicted octanol–water partition coefficient (Wildman–Crippen LogP) is 0.406. The first-order valence-corrected chi connectivity index (χ1v) is 6.97. The third kappa shape index (κ3) is 4.68. The predicted molar refractivity (Wildman–Crippen MR) is 73.5 cm³/mol. The summed E-state index contributed by atoms with van der Waals surface area (Å²) in [6, 6.07) is 0. The van der Waals surface area contributed by atoms with E-state index in [4.69, 9.17) is 14.6 Å². The van der Waals surface area contributed by atoms with Gasteiger partial charge in [-0.05, 0) is 20.8 Å². The van der Waals surface area contributed by atoms with Crippen molar-refractivity contribution in [1.29, 1.82) is 0 Å². The summed E-state index contributed by atoms with van der Waals surface area (Å²) in [4.78, 5) is 13.7. The van der Waals surface area contributed by atoms with E-state index < -0.39 is 5.60 Å².